The number of Topliss-reactive ketones (excluding diaryl/α,β-unsaturated/α-hetero) is 1. The Morgan fingerprint density at radius 3 is 2.10 bits per heavy atom. The largest absolute Gasteiger partial charge is 0 e. The molecule has 0 saturated carbocycles. The van der Waals surface area contributed by atoms with Gasteiger partial charge in [-0.3, -0.25) is 4.79 Å². The molecule has 1 unspecified atom stereocenters. The summed E-state index contributed by atoms with van der Waals surface area (Å²) in [5.41, 5.74) is -0.488. The molecule has 0 aliphatic heterocycles. The Bertz CT molecular complexity index is 532. The van der Waals surface area contributed by atoms with Gasteiger partial charge in [0.2, 0.25) is 5.78 Å². The number of fused-ring (bicyclic) bond motifs is 1. The molecule has 21 heavy (non-hydrogen) atoms. The second kappa shape index (κ2) is 11.9. The van der Waals surface area contributed by atoms with Crippen LogP contribution in [0.1, 0.15) is 15.9 Å². The Morgan fingerprint density at radius 1 is 1.24 bits per heavy atom. The van der Waals surface area contributed by atoms with Gasteiger partial charge in [0.1, 0.15) is 5.75 Å². The van der Waals surface area contributed by atoms with Crippen LogP contribution in [0.4, 0.5) is 0 Å². The smallest absolute Gasteiger partial charge is 0 e. The van der Waals surface area contributed by atoms with E-state index in [-0.39, 0.29) is 23.1 Å². The number of ketones is 1. The molecule has 1 aromatic carbocycles. The molecule has 0 spiro atoms. The maximum Gasteiger partial charge on any atom is 0 e. The average Bonchev–Trinajstić information content (AvgIpc) is 2.58. The average molecular weight is 326 g/mol. The van der Waals surface area contributed by atoms with Crippen molar-refractivity contribution in [1.82, 2.24) is 0 Å². The monoisotopic (exact) mass is 326 g/mol. The van der Waals surface area contributed by atoms with Crippen LogP contribution in [-0.4, -0.2) is 18.0 Å². The van der Waals surface area contributed by atoms with E-state index in [4.69, 9.17) is 18.7 Å². The predicted octanol–water partition coefficient (Wildman–Crippen LogP) is 1.15. The van der Waals surface area contributed by atoms with E-state index in [2.05, 4.69) is 26.5 Å². The van der Waals surface area contributed by atoms with E-state index in [0.717, 1.165) is 0 Å². The van der Waals surface area contributed by atoms with Gasteiger partial charge in [0, 0.05) is 22.9 Å². The van der Waals surface area contributed by atoms with Gasteiger partial charge in [-0.05, 0) is 12.1 Å². The second-order valence-corrected chi connectivity index (χ2v) is 3.18. The van der Waals surface area contributed by atoms with Gasteiger partial charge in [-0.1, -0.05) is 18.7 Å². The molecule has 6 nitrogen and oxygen atoms in total. The van der Waals surface area contributed by atoms with E-state index in [1.54, 1.807) is 18.2 Å². The third-order valence-corrected chi connectivity index (χ3v) is 2.53. The van der Waals surface area contributed by atoms with E-state index < -0.39 is 5.60 Å². The van der Waals surface area contributed by atoms with E-state index >= 15 is 0 Å². The molecule has 0 radical (unpaired) electrons. The third-order valence-electron chi connectivity index (χ3n) is 2.53. The minimum atomic E-state index is -1.51. The quantitative estimate of drug-likeness (QED) is 0.500. The minimum Gasteiger partial charge on any atom is 0 e. The van der Waals surface area contributed by atoms with Crippen molar-refractivity contribution < 1.29 is 46.0 Å². The van der Waals surface area contributed by atoms with Crippen molar-refractivity contribution in [2.24, 2.45) is 0 Å². The summed E-state index contributed by atoms with van der Waals surface area (Å²) in [6.07, 6.45) is 1.25. The zero-order chi connectivity index (χ0) is 16.3. The number of hydrogen-bond acceptors (Lipinski definition) is 3. The van der Waals surface area contributed by atoms with Crippen molar-refractivity contribution >= 4 is 5.78 Å². The Labute approximate surface area is 132 Å². The maximum absolute atomic E-state index is 11.6. The van der Waals surface area contributed by atoms with Crippen molar-refractivity contribution in [1.29, 1.82) is 0 Å². The topological polar surface area (TPSA) is 106 Å². The molecule has 1 atom stereocenters. The van der Waals surface area contributed by atoms with Gasteiger partial charge in [0.15, 0.2) is 5.60 Å². The summed E-state index contributed by atoms with van der Waals surface area (Å²) in [6, 6.07) is 5.12. The third kappa shape index (κ3) is 4.30. The molecule has 7 heteroatoms. The van der Waals surface area contributed by atoms with Gasteiger partial charge in [-0.2, -0.15) is 0 Å². The summed E-state index contributed by atoms with van der Waals surface area (Å²) in [6.45, 7) is 16.9. The first-order valence-electron chi connectivity index (χ1n) is 4.84. The fraction of sp³-hybridized carbons (Fsp3) is 0.143. The first-order chi connectivity index (χ1) is 9.65. The number of carbonyl (C=O) groups excluding carboxylic acids is 1. The molecule has 1 N–H and O–H groups in total. The molecule has 108 valence electrons. The Kier molecular flexibility index (Phi) is 13.7. The molecule has 0 fully saturated rings. The summed E-state index contributed by atoms with van der Waals surface area (Å²) in [4.78, 5) is 11.6. The number of methoxy groups -OCH3 is 1. The fourth-order valence-electron chi connectivity index (χ4n) is 1.71. The van der Waals surface area contributed by atoms with E-state index in [0.29, 0.717) is 16.9 Å². The van der Waals surface area contributed by atoms with Crippen molar-refractivity contribution in [2.75, 3.05) is 7.11 Å². The van der Waals surface area contributed by atoms with Gasteiger partial charge >= 0.3 is 33.9 Å². The maximum atomic E-state index is 11.6. The summed E-state index contributed by atoms with van der Waals surface area (Å²) >= 11 is 0. The number of carbonyl (C=O) groups is 1. The minimum absolute atomic E-state index is 0. The van der Waals surface area contributed by atoms with Crippen molar-refractivity contribution in [3.8, 4) is 5.75 Å². The van der Waals surface area contributed by atoms with E-state index in [9.17, 15) is 9.90 Å². The number of benzene rings is 1. The number of ether oxygens (including phenoxy) is 1. The van der Waals surface area contributed by atoms with Crippen molar-refractivity contribution in [3.05, 3.63) is 61.9 Å². The number of aliphatic hydroxyl groups is 1. The zero-order valence-corrected chi connectivity index (χ0v) is 12.2. The number of hydrogen-bond donors (Lipinski definition) is 1. The van der Waals surface area contributed by atoms with Gasteiger partial charge in [0.05, 0.1) is 12.7 Å². The Balaban J connectivity index is -0.000000414. The molecular formula is C14H10CrO6. The van der Waals surface area contributed by atoms with E-state index in [1.165, 1.54) is 13.2 Å². The molecule has 0 heterocycles. The summed E-state index contributed by atoms with van der Waals surface area (Å²) in [5, 5.41) is 9.84. The van der Waals surface area contributed by atoms with Crippen LogP contribution in [-0.2, 0) is 36.9 Å². The fourth-order valence-corrected chi connectivity index (χ4v) is 1.71. The summed E-state index contributed by atoms with van der Waals surface area (Å²) < 4.78 is 27.5. The first kappa shape index (κ1) is 24.2. The summed E-state index contributed by atoms with van der Waals surface area (Å²) in [7, 11) is 1.49. The Hall–Kier alpha value is -1.86. The molecule has 0 saturated heterocycles. The molecule has 1 aliphatic rings. The first-order valence-corrected chi connectivity index (χ1v) is 4.84. The van der Waals surface area contributed by atoms with Crippen LogP contribution in [0.25, 0.3) is 0 Å². The molecule has 1 aromatic rings. The van der Waals surface area contributed by atoms with Crippen molar-refractivity contribution in [3.63, 3.8) is 0 Å². The molecule has 2 rings (SSSR count). The standard InChI is InChI=1S/C11H10O3.3CO.Cr/c1-3-11(13)7-5-4-6-8(14-2)9(7)10(11)12;3*1-2;/h3-6,13H,1H2,2H3;;;;. The van der Waals surface area contributed by atoms with Gasteiger partial charge in [0.25, 0.3) is 0 Å². The molecule has 1 aliphatic carbocycles. The molecular weight excluding hydrogens is 316 g/mol. The van der Waals surface area contributed by atoms with Gasteiger partial charge in [-0.15, -0.1) is 0 Å². The molecule has 0 bridgehead atoms. The van der Waals surface area contributed by atoms with E-state index in [1.807, 2.05) is 0 Å². The second-order valence-electron chi connectivity index (χ2n) is 3.18. The molecule has 0 amide bonds. The van der Waals surface area contributed by atoms with Crippen LogP contribution in [0.2, 0.25) is 0 Å². The normalized spacial score (nSPS) is 16.1. The molecule has 0 aromatic heterocycles. The van der Waals surface area contributed by atoms with Crippen LogP contribution < -0.4 is 4.74 Å². The Morgan fingerprint density at radius 2 is 1.71 bits per heavy atom. The van der Waals surface area contributed by atoms with Crippen LogP contribution in [0.15, 0.2) is 30.9 Å². The van der Waals surface area contributed by atoms with Gasteiger partial charge < -0.3 is 9.84 Å². The van der Waals surface area contributed by atoms with Crippen LogP contribution in [0.3, 0.4) is 0 Å². The van der Waals surface area contributed by atoms with Crippen molar-refractivity contribution in [2.45, 2.75) is 5.60 Å². The van der Waals surface area contributed by atoms with Crippen LogP contribution in [0, 0.1) is 20.0 Å². The SMILES string of the molecule is C=CC1(O)C(=O)c2c(OC)cccc21.[C-]#[O+].[C-]#[O+].[C-]#[O+].[Cr]. The number of rotatable bonds is 2. The van der Waals surface area contributed by atoms with Crippen LogP contribution in [0.5, 0.6) is 5.75 Å². The van der Waals surface area contributed by atoms with Crippen LogP contribution >= 0.6 is 0 Å². The predicted molar refractivity (Wildman–Crippen MR) is 63.2 cm³/mol. The zero-order valence-electron chi connectivity index (χ0n) is 10.9. The summed E-state index contributed by atoms with van der Waals surface area (Å²) in [5.74, 6) is 0.152. The van der Waals surface area contributed by atoms with Gasteiger partial charge in [-0.25, -0.2) is 0 Å².